The number of carbonyl (C=O) groups is 2. The Morgan fingerprint density at radius 3 is 1.96 bits per heavy atom. The second-order valence-corrected chi connectivity index (χ2v) is 5.08. The molecule has 1 amide bonds. The third-order valence-corrected chi connectivity index (χ3v) is 3.23. The van der Waals surface area contributed by atoms with E-state index in [2.05, 4.69) is 25.8 Å². The fraction of sp³-hybridized carbons (Fsp3) is 0.250. The molecule has 0 atom stereocenters. The van der Waals surface area contributed by atoms with Crippen LogP contribution in [-0.2, 0) is 13.1 Å². The summed E-state index contributed by atoms with van der Waals surface area (Å²) in [4.78, 5) is 40.3. The number of rotatable bonds is 9. The summed E-state index contributed by atoms with van der Waals surface area (Å²) >= 11 is 0. The third kappa shape index (κ3) is 5.83. The number of hydrogen-bond acceptors (Lipinski definition) is 7. The van der Waals surface area contributed by atoms with Crippen LogP contribution in [0.15, 0.2) is 41.6 Å². The van der Waals surface area contributed by atoms with Gasteiger partial charge in [-0.25, -0.2) is 14.8 Å². The van der Waals surface area contributed by atoms with Gasteiger partial charge in [0.25, 0.3) is 0 Å². The van der Waals surface area contributed by atoms with E-state index in [1.807, 2.05) is 0 Å². The summed E-state index contributed by atoms with van der Waals surface area (Å²) in [6, 6.07) is 9.66. The number of carboxylic acid groups (broad SMARTS) is 1. The molecule has 9 heteroatoms. The van der Waals surface area contributed by atoms with Gasteiger partial charge in [-0.1, -0.05) is 12.1 Å². The number of amides is 1. The average Bonchev–Trinajstić information content (AvgIpc) is 2.64. The second-order valence-electron chi connectivity index (χ2n) is 5.08. The van der Waals surface area contributed by atoms with E-state index in [4.69, 9.17) is 5.11 Å². The molecule has 0 saturated heterocycles. The van der Waals surface area contributed by atoms with Crippen molar-refractivity contribution in [3.8, 4) is 0 Å². The fourth-order valence-electron chi connectivity index (χ4n) is 2.05. The van der Waals surface area contributed by atoms with Crippen LogP contribution in [-0.4, -0.2) is 40.0 Å². The number of nitrogens with one attached hydrogen (secondary N) is 2. The predicted molar refractivity (Wildman–Crippen MR) is 89.0 cm³/mol. The standard InChI is InChI=1S/C16H17N5O4/c22-15(21-25)13-5-1-3-11(19-13)9-17-7-8-18-10-12-4-2-6-14(20-12)16(23)24/h1-6,17-18H,7-10H2,(H,23,24). The van der Waals surface area contributed by atoms with Crippen molar-refractivity contribution in [1.29, 1.82) is 0 Å². The van der Waals surface area contributed by atoms with Crippen molar-refractivity contribution in [2.45, 2.75) is 13.1 Å². The Morgan fingerprint density at radius 2 is 1.44 bits per heavy atom. The van der Waals surface area contributed by atoms with Gasteiger partial charge < -0.3 is 15.7 Å². The van der Waals surface area contributed by atoms with E-state index in [0.29, 0.717) is 37.6 Å². The first-order chi connectivity index (χ1) is 12.1. The van der Waals surface area contributed by atoms with Crippen LogP contribution in [0.4, 0.5) is 0 Å². The van der Waals surface area contributed by atoms with Crippen LogP contribution in [0, 0.1) is 4.91 Å². The molecule has 2 rings (SSSR count). The lowest BCUT2D eigenvalue weighted by atomic mass is 10.3. The van der Waals surface area contributed by atoms with Crippen molar-refractivity contribution in [3.05, 3.63) is 64.1 Å². The summed E-state index contributed by atoms with van der Waals surface area (Å²) in [5, 5.41) is 17.5. The first-order valence-electron chi connectivity index (χ1n) is 7.54. The van der Waals surface area contributed by atoms with Gasteiger partial charge in [-0.2, -0.15) is 0 Å². The van der Waals surface area contributed by atoms with Crippen molar-refractivity contribution in [2.75, 3.05) is 13.1 Å². The molecular weight excluding hydrogens is 326 g/mol. The summed E-state index contributed by atoms with van der Waals surface area (Å²) in [6.07, 6.45) is 0. The van der Waals surface area contributed by atoms with Crippen molar-refractivity contribution >= 4 is 11.9 Å². The van der Waals surface area contributed by atoms with E-state index in [0.717, 1.165) is 0 Å². The topological polar surface area (TPSA) is 134 Å². The van der Waals surface area contributed by atoms with Gasteiger partial charge in [-0.05, 0) is 24.3 Å². The van der Waals surface area contributed by atoms with Crippen LogP contribution >= 0.6 is 0 Å². The largest absolute Gasteiger partial charge is 0.477 e. The number of carbonyl (C=O) groups excluding carboxylic acids is 1. The highest BCUT2D eigenvalue weighted by atomic mass is 16.4. The lowest BCUT2D eigenvalue weighted by molar-refractivity contribution is 0.0690. The molecule has 0 spiro atoms. The molecule has 2 heterocycles. The Bertz CT molecular complexity index is 766. The van der Waals surface area contributed by atoms with Crippen LogP contribution in [0.2, 0.25) is 0 Å². The normalized spacial score (nSPS) is 10.4. The maximum atomic E-state index is 11.2. The van der Waals surface area contributed by atoms with Gasteiger partial charge in [0.05, 0.1) is 11.4 Å². The molecule has 25 heavy (non-hydrogen) atoms. The van der Waals surface area contributed by atoms with Crippen molar-refractivity contribution in [2.24, 2.45) is 5.18 Å². The second kappa shape index (κ2) is 9.30. The Balaban J connectivity index is 1.70. The van der Waals surface area contributed by atoms with Gasteiger partial charge in [0, 0.05) is 31.4 Å². The van der Waals surface area contributed by atoms with Crippen molar-refractivity contribution in [1.82, 2.24) is 20.6 Å². The minimum atomic E-state index is -1.05. The lowest BCUT2D eigenvalue weighted by Gasteiger charge is -2.07. The molecule has 0 unspecified atom stereocenters. The van der Waals surface area contributed by atoms with Crippen LogP contribution < -0.4 is 10.6 Å². The van der Waals surface area contributed by atoms with Gasteiger partial charge in [-0.15, -0.1) is 4.91 Å². The highest BCUT2D eigenvalue weighted by molar-refractivity contribution is 5.92. The molecule has 9 nitrogen and oxygen atoms in total. The van der Waals surface area contributed by atoms with Gasteiger partial charge in [0.15, 0.2) is 0 Å². The third-order valence-electron chi connectivity index (χ3n) is 3.23. The highest BCUT2D eigenvalue weighted by Gasteiger charge is 2.07. The van der Waals surface area contributed by atoms with Crippen molar-refractivity contribution < 1.29 is 14.7 Å². The molecule has 2 aromatic rings. The summed E-state index contributed by atoms with van der Waals surface area (Å²) in [5.74, 6) is -1.94. The average molecular weight is 343 g/mol. The Kier molecular flexibility index (Phi) is 6.81. The Morgan fingerprint density at radius 1 is 0.920 bits per heavy atom. The number of aromatic nitrogens is 2. The number of pyridine rings is 2. The van der Waals surface area contributed by atoms with Crippen LogP contribution in [0.1, 0.15) is 32.4 Å². The fourth-order valence-corrected chi connectivity index (χ4v) is 2.05. The zero-order valence-electron chi connectivity index (χ0n) is 13.3. The summed E-state index contributed by atoms with van der Waals surface area (Å²) in [7, 11) is 0. The quantitative estimate of drug-likeness (QED) is 0.453. The molecule has 0 fully saturated rings. The molecule has 0 aliphatic rings. The molecule has 2 aromatic heterocycles. The SMILES string of the molecule is O=NC(=O)c1cccc(CNCCNCc2cccc(C(=O)O)n2)n1. The molecule has 3 N–H and O–H groups in total. The molecule has 0 radical (unpaired) electrons. The first kappa shape index (κ1) is 18.3. The molecule has 0 bridgehead atoms. The van der Waals surface area contributed by atoms with Crippen LogP contribution in [0.25, 0.3) is 0 Å². The number of hydrogen-bond donors (Lipinski definition) is 3. The first-order valence-corrected chi connectivity index (χ1v) is 7.54. The van der Waals surface area contributed by atoms with Gasteiger partial charge >= 0.3 is 11.9 Å². The van der Waals surface area contributed by atoms with Gasteiger partial charge in [-0.3, -0.25) is 4.79 Å². The lowest BCUT2D eigenvalue weighted by Crippen LogP contribution is -2.27. The minimum Gasteiger partial charge on any atom is -0.477 e. The number of aromatic carboxylic acids is 1. The van der Waals surface area contributed by atoms with E-state index in [-0.39, 0.29) is 11.4 Å². The van der Waals surface area contributed by atoms with E-state index in [1.54, 1.807) is 24.3 Å². The van der Waals surface area contributed by atoms with E-state index in [9.17, 15) is 14.5 Å². The Labute approximate surface area is 143 Å². The number of nitroso groups, excluding NO2 is 1. The van der Waals surface area contributed by atoms with E-state index < -0.39 is 11.9 Å². The smallest absolute Gasteiger partial charge is 0.354 e. The maximum absolute atomic E-state index is 11.2. The molecule has 0 aliphatic heterocycles. The Hall–Kier alpha value is -3.04. The van der Waals surface area contributed by atoms with Crippen LogP contribution in [0.3, 0.4) is 0 Å². The summed E-state index contributed by atoms with van der Waals surface area (Å²) < 4.78 is 0. The summed E-state index contributed by atoms with van der Waals surface area (Å²) in [6.45, 7) is 2.16. The van der Waals surface area contributed by atoms with Gasteiger partial charge in [0.1, 0.15) is 11.4 Å². The molecule has 0 aromatic carbocycles. The highest BCUT2D eigenvalue weighted by Crippen LogP contribution is 2.01. The van der Waals surface area contributed by atoms with Gasteiger partial charge in [0.2, 0.25) is 0 Å². The zero-order chi connectivity index (χ0) is 18.1. The minimum absolute atomic E-state index is 0.0164. The summed E-state index contributed by atoms with van der Waals surface area (Å²) in [5.41, 5.74) is 1.32. The van der Waals surface area contributed by atoms with E-state index in [1.165, 1.54) is 12.1 Å². The molecule has 130 valence electrons. The monoisotopic (exact) mass is 343 g/mol. The molecule has 0 saturated carbocycles. The number of carboxylic acids is 1. The maximum Gasteiger partial charge on any atom is 0.354 e. The molecule has 0 aliphatic carbocycles. The van der Waals surface area contributed by atoms with Crippen molar-refractivity contribution in [3.63, 3.8) is 0 Å². The van der Waals surface area contributed by atoms with Crippen LogP contribution in [0.5, 0.6) is 0 Å². The van der Waals surface area contributed by atoms with E-state index >= 15 is 0 Å². The number of nitrogens with zero attached hydrogens (tertiary/aromatic N) is 3. The predicted octanol–water partition coefficient (Wildman–Crippen LogP) is 0.961. The molecular formula is C16H17N5O4. The zero-order valence-corrected chi connectivity index (χ0v) is 13.3.